The van der Waals surface area contributed by atoms with E-state index in [1.807, 2.05) is 6.07 Å². The molecule has 110 valence electrons. The summed E-state index contributed by atoms with van der Waals surface area (Å²) in [5.74, 6) is 0.417. The Morgan fingerprint density at radius 1 is 1.48 bits per heavy atom. The molecule has 0 aliphatic heterocycles. The number of H-pyrrole nitrogens is 1. The Morgan fingerprint density at radius 3 is 2.81 bits per heavy atom. The third-order valence-corrected chi connectivity index (χ3v) is 2.89. The van der Waals surface area contributed by atoms with E-state index in [2.05, 4.69) is 15.1 Å². The first-order chi connectivity index (χ1) is 9.95. The predicted octanol–water partition coefficient (Wildman–Crippen LogP) is -0.768. The molecule has 0 aliphatic carbocycles. The molecule has 2 rings (SSSR count). The molecule has 0 atom stereocenters. The van der Waals surface area contributed by atoms with Gasteiger partial charge in [-0.15, -0.1) is 0 Å². The number of rotatable bonds is 4. The number of hydrogen-bond acceptors (Lipinski definition) is 6. The number of hydrazone groups is 1. The highest BCUT2D eigenvalue weighted by molar-refractivity contribution is 5.82. The number of fused-ring (bicyclic) bond motifs is 1. The van der Waals surface area contributed by atoms with Crippen LogP contribution in [0.25, 0.3) is 11.2 Å². The van der Waals surface area contributed by atoms with Crippen LogP contribution < -0.4 is 11.2 Å². The number of hydrogen-bond donors (Lipinski definition) is 1. The van der Waals surface area contributed by atoms with Gasteiger partial charge in [0.25, 0.3) is 5.56 Å². The molecule has 2 aromatic heterocycles. The molecule has 0 spiro atoms. The van der Waals surface area contributed by atoms with Crippen molar-refractivity contribution in [3.63, 3.8) is 0 Å². The molecule has 0 aliphatic rings. The predicted molar refractivity (Wildman–Crippen MR) is 77.1 cm³/mol. The van der Waals surface area contributed by atoms with Crippen molar-refractivity contribution >= 4 is 17.4 Å². The summed E-state index contributed by atoms with van der Waals surface area (Å²) >= 11 is 0. The van der Waals surface area contributed by atoms with Crippen molar-refractivity contribution in [2.24, 2.45) is 12.1 Å². The minimum atomic E-state index is -0.534. The van der Waals surface area contributed by atoms with Gasteiger partial charge in [-0.1, -0.05) is 0 Å². The van der Waals surface area contributed by atoms with E-state index in [4.69, 9.17) is 5.26 Å². The van der Waals surface area contributed by atoms with E-state index in [1.165, 1.54) is 17.8 Å². The molecular weight excluding hydrogens is 274 g/mol. The fourth-order valence-corrected chi connectivity index (χ4v) is 1.91. The number of nitriles is 1. The summed E-state index contributed by atoms with van der Waals surface area (Å²) in [5.41, 5.74) is -0.536. The average Bonchev–Trinajstić information content (AvgIpc) is 2.79. The van der Waals surface area contributed by atoms with Crippen LogP contribution in [0.1, 0.15) is 12.2 Å². The Kier molecular flexibility index (Phi) is 3.89. The maximum Gasteiger partial charge on any atom is 0.329 e. The van der Waals surface area contributed by atoms with Gasteiger partial charge >= 0.3 is 5.69 Å². The SMILES string of the molecule is CN(C)/N=C/c1nc2c(c(=O)[nH]c(=O)n2C)n1CCC#N. The van der Waals surface area contributed by atoms with Crippen LogP contribution in [0.2, 0.25) is 0 Å². The molecule has 0 fully saturated rings. The van der Waals surface area contributed by atoms with Crippen molar-refractivity contribution in [2.75, 3.05) is 14.1 Å². The minimum Gasteiger partial charge on any atom is -0.316 e. The summed E-state index contributed by atoms with van der Waals surface area (Å²) in [6.07, 6.45) is 1.71. The highest BCUT2D eigenvalue weighted by Gasteiger charge is 2.15. The van der Waals surface area contributed by atoms with E-state index in [0.29, 0.717) is 12.4 Å². The molecule has 0 radical (unpaired) electrons. The molecule has 0 aromatic carbocycles. The van der Waals surface area contributed by atoms with Gasteiger partial charge in [-0.3, -0.25) is 14.3 Å². The fourth-order valence-electron chi connectivity index (χ4n) is 1.91. The first-order valence-corrected chi connectivity index (χ1v) is 6.23. The van der Waals surface area contributed by atoms with Gasteiger partial charge in [-0.05, 0) is 0 Å². The van der Waals surface area contributed by atoms with Crippen LogP contribution in [-0.4, -0.2) is 44.4 Å². The van der Waals surface area contributed by atoms with Gasteiger partial charge in [-0.25, -0.2) is 9.78 Å². The molecule has 9 nitrogen and oxygen atoms in total. The highest BCUT2D eigenvalue weighted by atomic mass is 16.2. The summed E-state index contributed by atoms with van der Waals surface area (Å²) in [5, 5.41) is 14.4. The van der Waals surface area contributed by atoms with Gasteiger partial charge in [0.2, 0.25) is 0 Å². The Morgan fingerprint density at radius 2 is 2.19 bits per heavy atom. The zero-order valence-electron chi connectivity index (χ0n) is 12.0. The second kappa shape index (κ2) is 5.62. The zero-order chi connectivity index (χ0) is 15.6. The molecule has 0 saturated carbocycles. The quantitative estimate of drug-likeness (QED) is 0.587. The van der Waals surface area contributed by atoms with Crippen LogP contribution in [0.3, 0.4) is 0 Å². The van der Waals surface area contributed by atoms with E-state index < -0.39 is 11.2 Å². The van der Waals surface area contributed by atoms with Gasteiger partial charge < -0.3 is 9.58 Å². The molecule has 2 heterocycles. The van der Waals surface area contributed by atoms with Crippen molar-refractivity contribution < 1.29 is 0 Å². The van der Waals surface area contributed by atoms with Crippen LogP contribution in [0.5, 0.6) is 0 Å². The van der Waals surface area contributed by atoms with Crippen molar-refractivity contribution in [3.8, 4) is 6.07 Å². The van der Waals surface area contributed by atoms with E-state index >= 15 is 0 Å². The van der Waals surface area contributed by atoms with Crippen molar-refractivity contribution in [3.05, 3.63) is 26.7 Å². The van der Waals surface area contributed by atoms with Crippen molar-refractivity contribution in [1.82, 2.24) is 24.1 Å². The van der Waals surface area contributed by atoms with E-state index in [-0.39, 0.29) is 17.6 Å². The smallest absolute Gasteiger partial charge is 0.316 e. The summed E-state index contributed by atoms with van der Waals surface area (Å²) in [4.78, 5) is 30.1. The number of imidazole rings is 1. The lowest BCUT2D eigenvalue weighted by molar-refractivity contribution is 0.440. The molecule has 0 unspecified atom stereocenters. The van der Waals surface area contributed by atoms with Gasteiger partial charge in [0.05, 0.1) is 18.7 Å². The molecule has 0 bridgehead atoms. The summed E-state index contributed by atoms with van der Waals surface area (Å²) in [6.45, 7) is 0.295. The van der Waals surface area contributed by atoms with Crippen LogP contribution >= 0.6 is 0 Å². The van der Waals surface area contributed by atoms with Gasteiger partial charge in [0.1, 0.15) is 0 Å². The van der Waals surface area contributed by atoms with Gasteiger partial charge in [0.15, 0.2) is 17.0 Å². The molecule has 0 amide bonds. The van der Waals surface area contributed by atoms with Crippen LogP contribution in [0.15, 0.2) is 14.7 Å². The molecule has 21 heavy (non-hydrogen) atoms. The summed E-state index contributed by atoms with van der Waals surface area (Å²) in [6, 6.07) is 2.02. The molecule has 1 N–H and O–H groups in total. The van der Waals surface area contributed by atoms with Crippen LogP contribution in [0, 0.1) is 11.3 Å². The average molecular weight is 289 g/mol. The Labute approximate surface area is 119 Å². The highest BCUT2D eigenvalue weighted by Crippen LogP contribution is 2.10. The normalized spacial score (nSPS) is 11.1. The lowest BCUT2D eigenvalue weighted by atomic mass is 10.4. The second-order valence-electron chi connectivity index (χ2n) is 4.61. The lowest BCUT2D eigenvalue weighted by Crippen LogP contribution is -2.29. The summed E-state index contributed by atoms with van der Waals surface area (Å²) < 4.78 is 2.84. The van der Waals surface area contributed by atoms with E-state index in [1.54, 1.807) is 23.7 Å². The number of aromatic nitrogens is 4. The maximum atomic E-state index is 12.0. The third kappa shape index (κ3) is 2.69. The second-order valence-corrected chi connectivity index (χ2v) is 4.61. The van der Waals surface area contributed by atoms with E-state index in [9.17, 15) is 9.59 Å². The minimum absolute atomic E-state index is 0.219. The molecule has 0 saturated heterocycles. The largest absolute Gasteiger partial charge is 0.329 e. The van der Waals surface area contributed by atoms with Gasteiger partial charge in [0, 0.05) is 27.7 Å². The maximum absolute atomic E-state index is 12.0. The van der Waals surface area contributed by atoms with Crippen LogP contribution in [-0.2, 0) is 13.6 Å². The first kappa shape index (κ1) is 14.5. The Bertz CT molecular complexity index is 847. The van der Waals surface area contributed by atoms with Crippen molar-refractivity contribution in [2.45, 2.75) is 13.0 Å². The number of aromatic amines is 1. The zero-order valence-corrected chi connectivity index (χ0v) is 12.0. The van der Waals surface area contributed by atoms with E-state index in [0.717, 1.165) is 0 Å². The topological polar surface area (TPSA) is 112 Å². The summed E-state index contributed by atoms with van der Waals surface area (Å²) in [7, 11) is 5.03. The third-order valence-electron chi connectivity index (χ3n) is 2.89. The number of aryl methyl sites for hydroxylation is 2. The molecule has 2 aromatic rings. The van der Waals surface area contributed by atoms with Gasteiger partial charge in [-0.2, -0.15) is 10.4 Å². The standard InChI is InChI=1S/C12H15N7O2/c1-17(2)14-7-8-15-10-9(19(8)6-4-5-13)11(20)16-12(21)18(10)3/h7H,4,6H2,1-3H3,(H,16,20,21)/b14-7+. The number of nitrogens with one attached hydrogen (secondary N) is 1. The Hall–Kier alpha value is -2.89. The molecular formula is C12H15N7O2. The number of nitrogens with zero attached hydrogens (tertiary/aromatic N) is 6. The van der Waals surface area contributed by atoms with Crippen LogP contribution in [0.4, 0.5) is 0 Å². The monoisotopic (exact) mass is 289 g/mol. The lowest BCUT2D eigenvalue weighted by Gasteiger charge is -2.05. The first-order valence-electron chi connectivity index (χ1n) is 6.23. The van der Waals surface area contributed by atoms with Crippen molar-refractivity contribution in [1.29, 1.82) is 5.26 Å². The fraction of sp³-hybridized carbons (Fsp3) is 0.417. The molecule has 9 heteroatoms. The Balaban J connectivity index is 2.76.